The zero-order chi connectivity index (χ0) is 21.8. The molecule has 1 aromatic carbocycles. The average Bonchev–Trinajstić information content (AvgIpc) is 3.41. The molecule has 0 aliphatic carbocycles. The van der Waals surface area contributed by atoms with E-state index < -0.39 is 12.1 Å². The smallest absolute Gasteiger partial charge is 0.325 e. The highest BCUT2D eigenvalue weighted by atomic mass is 16.5. The second-order valence-electron chi connectivity index (χ2n) is 7.61. The number of carbonyl (C=O) groups is 3. The number of imide groups is 1. The van der Waals surface area contributed by atoms with Gasteiger partial charge in [0, 0.05) is 38.3 Å². The molecule has 4 rings (SSSR count). The monoisotopic (exact) mass is 426 g/mol. The van der Waals surface area contributed by atoms with Gasteiger partial charge in [-0.05, 0) is 42.8 Å². The fraction of sp³-hybridized carbons (Fsp3) is 0.409. The van der Waals surface area contributed by atoms with Crippen LogP contribution in [0.15, 0.2) is 47.1 Å². The summed E-state index contributed by atoms with van der Waals surface area (Å²) in [5, 5.41) is 2.67. The number of urea groups is 1. The molecule has 164 valence electrons. The van der Waals surface area contributed by atoms with E-state index in [-0.39, 0.29) is 31.2 Å². The molecule has 2 aliphatic rings. The standard InChI is InChI=1S/C22H26N4O5/c1-30-17-6-4-16(5-7-17)24-10-12-25(13-11-24)20(27)9-8-19-21(28)26(22(29)23-19)15-18-3-2-14-31-18/h2-7,14,19H,8-13,15H2,1H3,(H,23,29)/t19-/m0/s1. The van der Waals surface area contributed by atoms with E-state index in [2.05, 4.69) is 10.2 Å². The van der Waals surface area contributed by atoms with Crippen LogP contribution in [0, 0.1) is 0 Å². The molecule has 0 spiro atoms. The van der Waals surface area contributed by atoms with E-state index in [0.717, 1.165) is 29.4 Å². The van der Waals surface area contributed by atoms with Crippen molar-refractivity contribution < 1.29 is 23.5 Å². The molecular formula is C22H26N4O5. The molecule has 9 heteroatoms. The van der Waals surface area contributed by atoms with E-state index in [1.54, 1.807) is 19.2 Å². The number of methoxy groups -OCH3 is 1. The summed E-state index contributed by atoms with van der Waals surface area (Å²) in [5.41, 5.74) is 1.10. The summed E-state index contributed by atoms with van der Waals surface area (Å²) in [7, 11) is 1.64. The van der Waals surface area contributed by atoms with Crippen molar-refractivity contribution in [1.82, 2.24) is 15.1 Å². The molecule has 4 amide bonds. The third kappa shape index (κ3) is 4.65. The number of hydrogen-bond donors (Lipinski definition) is 1. The second-order valence-corrected chi connectivity index (χ2v) is 7.61. The van der Waals surface area contributed by atoms with Crippen molar-refractivity contribution in [3.63, 3.8) is 0 Å². The topological polar surface area (TPSA) is 95.3 Å². The molecule has 31 heavy (non-hydrogen) atoms. The normalized spacial score (nSPS) is 19.0. The van der Waals surface area contributed by atoms with Gasteiger partial charge in [-0.3, -0.25) is 14.5 Å². The summed E-state index contributed by atoms with van der Waals surface area (Å²) in [6.07, 6.45) is 2.00. The number of nitrogens with zero attached hydrogens (tertiary/aromatic N) is 3. The Morgan fingerprint density at radius 2 is 1.87 bits per heavy atom. The predicted octanol–water partition coefficient (Wildman–Crippen LogP) is 1.84. The van der Waals surface area contributed by atoms with Crippen molar-refractivity contribution in [1.29, 1.82) is 0 Å². The van der Waals surface area contributed by atoms with Gasteiger partial charge in [0.25, 0.3) is 5.91 Å². The van der Waals surface area contributed by atoms with Gasteiger partial charge >= 0.3 is 6.03 Å². The van der Waals surface area contributed by atoms with E-state index in [1.807, 2.05) is 29.2 Å². The number of carbonyl (C=O) groups excluding carboxylic acids is 3. The van der Waals surface area contributed by atoms with E-state index in [4.69, 9.17) is 9.15 Å². The summed E-state index contributed by atoms with van der Waals surface area (Å²) < 4.78 is 10.4. The third-order valence-corrected chi connectivity index (χ3v) is 5.72. The summed E-state index contributed by atoms with van der Waals surface area (Å²) >= 11 is 0. The van der Waals surface area contributed by atoms with Crippen molar-refractivity contribution in [3.05, 3.63) is 48.4 Å². The number of amides is 4. The second kappa shape index (κ2) is 9.11. The summed E-state index contributed by atoms with van der Waals surface area (Å²) in [5.74, 6) is 1.03. The van der Waals surface area contributed by atoms with Gasteiger partial charge in [-0.2, -0.15) is 0 Å². The minimum Gasteiger partial charge on any atom is -0.497 e. The van der Waals surface area contributed by atoms with Crippen LogP contribution in [-0.2, 0) is 16.1 Å². The molecule has 9 nitrogen and oxygen atoms in total. The number of hydrogen-bond acceptors (Lipinski definition) is 6. The molecule has 2 aromatic rings. The first kappa shape index (κ1) is 20.8. The lowest BCUT2D eigenvalue weighted by Crippen LogP contribution is -2.49. The Hall–Kier alpha value is -3.49. The van der Waals surface area contributed by atoms with Gasteiger partial charge < -0.3 is 24.3 Å². The van der Waals surface area contributed by atoms with Gasteiger partial charge in [-0.15, -0.1) is 0 Å². The molecule has 0 bridgehead atoms. The van der Waals surface area contributed by atoms with Gasteiger partial charge in [0.15, 0.2) is 0 Å². The number of furan rings is 1. The quantitative estimate of drug-likeness (QED) is 0.679. The SMILES string of the molecule is COc1ccc(N2CCN(C(=O)CC[C@@H]3NC(=O)N(Cc4ccco4)C3=O)CC2)cc1. The highest BCUT2D eigenvalue weighted by molar-refractivity contribution is 6.04. The molecule has 0 saturated carbocycles. The van der Waals surface area contributed by atoms with Gasteiger partial charge in [0.1, 0.15) is 17.6 Å². The predicted molar refractivity (Wildman–Crippen MR) is 113 cm³/mol. The Balaban J connectivity index is 1.24. The van der Waals surface area contributed by atoms with Crippen LogP contribution in [-0.4, -0.2) is 67.0 Å². The molecule has 3 heterocycles. The van der Waals surface area contributed by atoms with Crippen LogP contribution in [0.1, 0.15) is 18.6 Å². The van der Waals surface area contributed by atoms with Crippen LogP contribution in [0.25, 0.3) is 0 Å². The van der Waals surface area contributed by atoms with Crippen LogP contribution < -0.4 is 15.0 Å². The molecule has 2 fully saturated rings. The zero-order valence-corrected chi connectivity index (χ0v) is 17.5. The maximum Gasteiger partial charge on any atom is 0.325 e. The maximum atomic E-state index is 12.6. The molecule has 0 unspecified atom stereocenters. The third-order valence-electron chi connectivity index (χ3n) is 5.72. The first-order chi connectivity index (χ1) is 15.0. The first-order valence-electron chi connectivity index (χ1n) is 10.4. The Morgan fingerprint density at radius 1 is 1.13 bits per heavy atom. The zero-order valence-electron chi connectivity index (χ0n) is 17.5. The molecule has 2 saturated heterocycles. The fourth-order valence-corrected chi connectivity index (χ4v) is 3.91. The molecule has 2 aliphatic heterocycles. The van der Waals surface area contributed by atoms with E-state index >= 15 is 0 Å². The van der Waals surface area contributed by atoms with Crippen LogP contribution >= 0.6 is 0 Å². The highest BCUT2D eigenvalue weighted by Crippen LogP contribution is 2.21. The van der Waals surface area contributed by atoms with Crippen molar-refractivity contribution in [2.45, 2.75) is 25.4 Å². The number of nitrogens with one attached hydrogen (secondary N) is 1. The Kier molecular flexibility index (Phi) is 6.11. The van der Waals surface area contributed by atoms with Gasteiger partial charge in [-0.1, -0.05) is 0 Å². The summed E-state index contributed by atoms with van der Waals surface area (Å²) in [6.45, 7) is 2.83. The van der Waals surface area contributed by atoms with Crippen molar-refractivity contribution in [3.8, 4) is 5.75 Å². The van der Waals surface area contributed by atoms with Crippen molar-refractivity contribution in [2.24, 2.45) is 0 Å². The van der Waals surface area contributed by atoms with Crippen LogP contribution in [0.2, 0.25) is 0 Å². The number of benzene rings is 1. The average molecular weight is 426 g/mol. The van der Waals surface area contributed by atoms with Gasteiger partial charge in [0.05, 0.1) is 19.9 Å². The van der Waals surface area contributed by atoms with Gasteiger partial charge in [0.2, 0.25) is 5.91 Å². The van der Waals surface area contributed by atoms with E-state index in [0.29, 0.717) is 18.8 Å². The van der Waals surface area contributed by atoms with Gasteiger partial charge in [-0.25, -0.2) is 4.79 Å². The highest BCUT2D eigenvalue weighted by Gasteiger charge is 2.38. The van der Waals surface area contributed by atoms with Crippen LogP contribution in [0.4, 0.5) is 10.5 Å². The Bertz CT molecular complexity index is 920. The molecular weight excluding hydrogens is 400 g/mol. The summed E-state index contributed by atoms with van der Waals surface area (Å²) in [6, 6.07) is 10.2. The number of anilines is 1. The van der Waals surface area contributed by atoms with Crippen LogP contribution in [0.5, 0.6) is 5.75 Å². The molecule has 1 N–H and O–H groups in total. The van der Waals surface area contributed by atoms with E-state index in [1.165, 1.54) is 6.26 Å². The minimum absolute atomic E-state index is 0.000847. The van der Waals surface area contributed by atoms with Crippen molar-refractivity contribution >= 4 is 23.5 Å². The van der Waals surface area contributed by atoms with E-state index in [9.17, 15) is 14.4 Å². The Labute approximate surface area is 180 Å². The van der Waals surface area contributed by atoms with Crippen LogP contribution in [0.3, 0.4) is 0 Å². The molecule has 1 aromatic heterocycles. The van der Waals surface area contributed by atoms with Crippen molar-refractivity contribution in [2.75, 3.05) is 38.2 Å². The number of ether oxygens (including phenoxy) is 1. The number of piperazine rings is 1. The first-order valence-corrected chi connectivity index (χ1v) is 10.4. The maximum absolute atomic E-state index is 12.6. The largest absolute Gasteiger partial charge is 0.497 e. The lowest BCUT2D eigenvalue weighted by atomic mass is 10.1. The lowest BCUT2D eigenvalue weighted by molar-refractivity contribution is -0.132. The molecule has 0 radical (unpaired) electrons. The Morgan fingerprint density at radius 3 is 2.52 bits per heavy atom. The number of rotatable bonds is 7. The lowest BCUT2D eigenvalue weighted by Gasteiger charge is -2.36. The summed E-state index contributed by atoms with van der Waals surface area (Å²) in [4.78, 5) is 42.5. The minimum atomic E-state index is -0.674. The molecule has 1 atom stereocenters. The fourth-order valence-electron chi connectivity index (χ4n) is 3.91.